The minimum Gasteiger partial charge on any atom is -0.387 e. The van der Waals surface area contributed by atoms with Crippen LogP contribution in [0, 0.1) is 6.92 Å². The second-order valence-corrected chi connectivity index (χ2v) is 8.11. The van der Waals surface area contributed by atoms with Crippen LogP contribution < -0.4 is 5.32 Å². The molecule has 1 atom stereocenters. The minimum atomic E-state index is -0.557. The zero-order valence-corrected chi connectivity index (χ0v) is 25.3. The van der Waals surface area contributed by atoms with Gasteiger partial charge in [-0.1, -0.05) is 115 Å². The van der Waals surface area contributed by atoms with Crippen molar-refractivity contribution in [3.05, 3.63) is 76.9 Å². The Morgan fingerprint density at radius 1 is 0.921 bits per heavy atom. The lowest BCUT2D eigenvalue weighted by atomic mass is 9.97. The van der Waals surface area contributed by atoms with Crippen molar-refractivity contribution < 1.29 is 18.7 Å². The molecular formula is C33H55F2NO2. The molecule has 3 nitrogen and oxygen atoms in total. The summed E-state index contributed by atoms with van der Waals surface area (Å²) >= 11 is 0. The van der Waals surface area contributed by atoms with Gasteiger partial charge < -0.3 is 10.4 Å². The van der Waals surface area contributed by atoms with Crippen molar-refractivity contribution in [2.75, 3.05) is 19.8 Å². The predicted molar refractivity (Wildman–Crippen MR) is 163 cm³/mol. The summed E-state index contributed by atoms with van der Waals surface area (Å²) in [6, 6.07) is 14.9. The molecular weight excluding hydrogens is 480 g/mol. The summed E-state index contributed by atoms with van der Waals surface area (Å²) in [5.41, 5.74) is 3.62. The van der Waals surface area contributed by atoms with Gasteiger partial charge in [0.1, 0.15) is 6.67 Å². The number of aliphatic hydroxyl groups is 1. The maximum atomic E-state index is 11.7. The smallest absolute Gasteiger partial charge is 0.152 e. The Hall–Kier alpha value is -2.37. The Morgan fingerprint density at radius 3 is 1.97 bits per heavy atom. The van der Waals surface area contributed by atoms with E-state index in [1.165, 1.54) is 19.8 Å². The highest BCUT2D eigenvalue weighted by Gasteiger charge is 2.12. The van der Waals surface area contributed by atoms with Crippen LogP contribution in [-0.2, 0) is 11.5 Å². The average Bonchev–Trinajstić information content (AvgIpc) is 2.95. The standard InChI is InChI=1S/C18H27NO2.C7H7F.C4H9F.2C2H6/c1-4-5-6-12-19-13-18(21)17-9-7-8-14(2)16(17)11-10-15(3)20;8-6-7-4-2-1-3-5-7;1-2-3-4-5;2*1-2/h7-11,18-19,21H,4-6,12-13H2,1-3H3;1-5H,6H2;2-4H2,1H3;2*1-2H3/b11-10-;;;;. The van der Waals surface area contributed by atoms with E-state index in [-0.39, 0.29) is 19.1 Å². The van der Waals surface area contributed by atoms with E-state index in [1.807, 2.05) is 77.9 Å². The van der Waals surface area contributed by atoms with E-state index in [0.29, 0.717) is 6.54 Å². The first kappa shape index (κ1) is 40.1. The molecule has 0 aliphatic rings. The first-order chi connectivity index (χ1) is 18.4. The molecule has 2 aromatic carbocycles. The molecule has 0 aliphatic carbocycles. The molecule has 0 fully saturated rings. The van der Waals surface area contributed by atoms with Gasteiger partial charge in [0.05, 0.1) is 12.8 Å². The van der Waals surface area contributed by atoms with Crippen LogP contribution in [0.2, 0.25) is 0 Å². The molecule has 38 heavy (non-hydrogen) atoms. The molecule has 5 heteroatoms. The maximum absolute atomic E-state index is 11.7. The molecule has 0 amide bonds. The zero-order valence-electron chi connectivity index (χ0n) is 25.3. The van der Waals surface area contributed by atoms with Crippen LogP contribution in [0.4, 0.5) is 8.78 Å². The number of aliphatic hydroxyl groups excluding tert-OH is 1. The molecule has 0 spiro atoms. The molecule has 1 unspecified atom stereocenters. The molecule has 0 aromatic heterocycles. The van der Waals surface area contributed by atoms with Crippen molar-refractivity contribution in [3.63, 3.8) is 0 Å². The Balaban J connectivity index is -0.000000588. The van der Waals surface area contributed by atoms with Crippen LogP contribution in [0.25, 0.3) is 6.08 Å². The lowest BCUT2D eigenvalue weighted by molar-refractivity contribution is -0.112. The van der Waals surface area contributed by atoms with Gasteiger partial charge in [-0.15, -0.1) is 0 Å². The van der Waals surface area contributed by atoms with Crippen molar-refractivity contribution in [1.82, 2.24) is 5.32 Å². The molecule has 0 aliphatic heterocycles. The van der Waals surface area contributed by atoms with Gasteiger partial charge in [-0.05, 0) is 61.6 Å². The van der Waals surface area contributed by atoms with Crippen LogP contribution in [0.15, 0.2) is 54.6 Å². The number of carbonyl (C=O) groups is 1. The van der Waals surface area contributed by atoms with Gasteiger partial charge in [0.15, 0.2) is 5.78 Å². The Kier molecular flexibility index (Phi) is 32.6. The van der Waals surface area contributed by atoms with Gasteiger partial charge in [0.2, 0.25) is 0 Å². The lowest BCUT2D eigenvalue weighted by Crippen LogP contribution is -2.23. The number of carbonyl (C=O) groups excluding carboxylic acids is 1. The molecule has 0 bridgehead atoms. The number of hydrogen-bond acceptors (Lipinski definition) is 3. The number of benzene rings is 2. The number of nitrogens with one attached hydrogen (secondary N) is 1. The highest BCUT2D eigenvalue weighted by molar-refractivity contribution is 5.91. The van der Waals surface area contributed by atoms with Gasteiger partial charge in [-0.2, -0.15) is 0 Å². The quantitative estimate of drug-likeness (QED) is 0.210. The second kappa shape index (κ2) is 30.9. The van der Waals surface area contributed by atoms with Gasteiger partial charge >= 0.3 is 0 Å². The van der Waals surface area contributed by atoms with Crippen LogP contribution in [-0.4, -0.2) is 30.7 Å². The lowest BCUT2D eigenvalue weighted by Gasteiger charge is -2.16. The van der Waals surface area contributed by atoms with Gasteiger partial charge in [0, 0.05) is 6.54 Å². The second-order valence-electron chi connectivity index (χ2n) is 8.11. The summed E-state index contributed by atoms with van der Waals surface area (Å²) in [5, 5.41) is 13.7. The number of rotatable bonds is 12. The topological polar surface area (TPSA) is 49.3 Å². The first-order valence-electron chi connectivity index (χ1n) is 14.2. The first-order valence-corrected chi connectivity index (χ1v) is 14.2. The van der Waals surface area contributed by atoms with Crippen molar-refractivity contribution in [3.8, 4) is 0 Å². The number of hydrogen-bond donors (Lipinski definition) is 2. The average molecular weight is 536 g/mol. The summed E-state index contributed by atoms with van der Waals surface area (Å²) in [6.45, 7) is 16.6. The summed E-state index contributed by atoms with van der Waals surface area (Å²) < 4.78 is 22.7. The van der Waals surface area contributed by atoms with Crippen molar-refractivity contribution in [2.45, 2.75) is 100 Å². The summed E-state index contributed by atoms with van der Waals surface area (Å²) in [5.74, 6) is 0.0105. The number of alkyl halides is 2. The molecule has 2 N–H and O–H groups in total. The predicted octanol–water partition coefficient (Wildman–Crippen LogP) is 9.37. The van der Waals surface area contributed by atoms with E-state index in [1.54, 1.807) is 24.3 Å². The molecule has 0 saturated heterocycles. The van der Waals surface area contributed by atoms with Crippen molar-refractivity contribution in [1.29, 1.82) is 0 Å². The van der Waals surface area contributed by atoms with Gasteiger partial charge in [-0.25, -0.2) is 4.39 Å². The largest absolute Gasteiger partial charge is 0.387 e. The van der Waals surface area contributed by atoms with Crippen LogP contribution >= 0.6 is 0 Å². The summed E-state index contributed by atoms with van der Waals surface area (Å²) in [4.78, 5) is 11.1. The fourth-order valence-corrected chi connectivity index (χ4v) is 2.97. The van der Waals surface area contributed by atoms with E-state index < -0.39 is 6.10 Å². The van der Waals surface area contributed by atoms with E-state index >= 15 is 0 Å². The van der Waals surface area contributed by atoms with Crippen LogP contribution in [0.3, 0.4) is 0 Å². The fourth-order valence-electron chi connectivity index (χ4n) is 2.97. The van der Waals surface area contributed by atoms with Crippen molar-refractivity contribution >= 4 is 11.9 Å². The number of aryl methyl sites for hydroxylation is 1. The fraction of sp³-hybridized carbons (Fsp3) is 0.545. The Morgan fingerprint density at radius 2 is 1.53 bits per heavy atom. The van der Waals surface area contributed by atoms with E-state index in [9.17, 15) is 18.7 Å². The van der Waals surface area contributed by atoms with Gasteiger partial charge in [-0.3, -0.25) is 9.18 Å². The van der Waals surface area contributed by atoms with E-state index in [4.69, 9.17) is 0 Å². The summed E-state index contributed by atoms with van der Waals surface area (Å²) in [7, 11) is 0. The van der Waals surface area contributed by atoms with Crippen LogP contribution in [0.1, 0.15) is 109 Å². The number of ketones is 1. The molecule has 2 aromatic rings. The van der Waals surface area contributed by atoms with Crippen LogP contribution in [0.5, 0.6) is 0 Å². The number of allylic oxidation sites excluding steroid dienone is 1. The SMILES string of the molecule is CC.CC.CCCCCNCC(O)c1cccc(C)c1/C=C\C(C)=O.CCCCF.FCc1ccccc1. The monoisotopic (exact) mass is 535 g/mol. The van der Waals surface area contributed by atoms with E-state index in [0.717, 1.165) is 48.1 Å². The highest BCUT2D eigenvalue weighted by atomic mass is 19.1. The van der Waals surface area contributed by atoms with Crippen molar-refractivity contribution in [2.24, 2.45) is 0 Å². The zero-order chi connectivity index (χ0) is 29.6. The third-order valence-electron chi connectivity index (χ3n) is 4.98. The third-order valence-corrected chi connectivity index (χ3v) is 4.98. The number of unbranched alkanes of at least 4 members (excludes halogenated alkanes) is 3. The highest BCUT2D eigenvalue weighted by Crippen LogP contribution is 2.22. The normalized spacial score (nSPS) is 10.4. The van der Waals surface area contributed by atoms with Gasteiger partial charge in [0.25, 0.3) is 0 Å². The van der Waals surface area contributed by atoms with E-state index in [2.05, 4.69) is 12.2 Å². The Bertz CT molecular complexity index is 793. The number of halogens is 2. The molecule has 0 heterocycles. The molecule has 2 rings (SSSR count). The minimum absolute atomic E-state index is 0.0105. The Labute approximate surface area is 232 Å². The maximum Gasteiger partial charge on any atom is 0.152 e. The summed E-state index contributed by atoms with van der Waals surface area (Å²) in [6.07, 6.45) is 8.02. The third kappa shape index (κ3) is 22.8. The molecule has 0 radical (unpaired) electrons. The molecule has 218 valence electrons. The molecule has 0 saturated carbocycles.